The molecule has 7 rings (SSSR count). The second-order valence-corrected chi connectivity index (χ2v) is 9.49. The van der Waals surface area contributed by atoms with Crippen LogP contribution in [0.4, 0.5) is 0 Å². The third-order valence-electron chi connectivity index (χ3n) is 7.75. The Bertz CT molecular complexity index is 1560. The van der Waals surface area contributed by atoms with E-state index in [4.69, 9.17) is 4.74 Å². The Morgan fingerprint density at radius 2 is 1.20 bits per heavy atom. The highest BCUT2D eigenvalue weighted by molar-refractivity contribution is 5.94. The molecule has 0 aromatic carbocycles. The lowest BCUT2D eigenvalue weighted by Crippen LogP contribution is -2.32. The first-order valence-corrected chi connectivity index (χ1v) is 12.0. The molecule has 0 radical (unpaired) electrons. The first kappa shape index (κ1) is 20.2. The Hall–Kier alpha value is -4.25. The summed E-state index contributed by atoms with van der Waals surface area (Å²) in [7, 11) is 0. The van der Waals surface area contributed by atoms with Gasteiger partial charge in [0.2, 0.25) is 0 Å². The van der Waals surface area contributed by atoms with Crippen LogP contribution in [0.1, 0.15) is 30.0 Å². The normalized spacial score (nSPS) is 18.9. The quantitative estimate of drug-likeness (QED) is 0.313. The number of ether oxygens (including phenoxy) is 1. The van der Waals surface area contributed by atoms with Gasteiger partial charge in [0, 0.05) is 59.1 Å². The molecule has 1 saturated carbocycles. The van der Waals surface area contributed by atoms with Gasteiger partial charge >= 0.3 is 5.97 Å². The van der Waals surface area contributed by atoms with Crippen LogP contribution in [0.15, 0.2) is 110 Å². The minimum absolute atomic E-state index is 0.165. The number of hydrogen-bond donors (Lipinski definition) is 0. The number of carbonyl (C=O) groups excluding carboxylic acids is 1. The summed E-state index contributed by atoms with van der Waals surface area (Å²) in [6.07, 6.45) is 13.3. The van der Waals surface area contributed by atoms with Crippen molar-refractivity contribution in [2.45, 2.75) is 24.2 Å². The van der Waals surface area contributed by atoms with Crippen molar-refractivity contribution in [2.24, 2.45) is 0 Å². The van der Waals surface area contributed by atoms with Crippen molar-refractivity contribution in [3.63, 3.8) is 0 Å². The zero-order valence-corrected chi connectivity index (χ0v) is 19.5. The molecule has 6 aromatic rings. The Balaban J connectivity index is 1.53. The second kappa shape index (κ2) is 7.12. The number of aromatic nitrogens is 3. The van der Waals surface area contributed by atoms with E-state index in [0.29, 0.717) is 13.0 Å². The van der Waals surface area contributed by atoms with Gasteiger partial charge in [-0.1, -0.05) is 18.2 Å². The van der Waals surface area contributed by atoms with Gasteiger partial charge in [0.1, 0.15) is 5.41 Å². The lowest BCUT2D eigenvalue weighted by molar-refractivity contribution is -0.146. The molecule has 5 nitrogen and oxygen atoms in total. The van der Waals surface area contributed by atoms with Crippen LogP contribution in [0.2, 0.25) is 0 Å². The number of nitrogens with zero attached hydrogens (tertiary/aromatic N) is 3. The smallest absolute Gasteiger partial charge is 0.317 e. The van der Waals surface area contributed by atoms with Crippen LogP contribution < -0.4 is 0 Å². The van der Waals surface area contributed by atoms with Gasteiger partial charge in [-0.25, -0.2) is 0 Å². The molecule has 0 aliphatic heterocycles. The predicted molar refractivity (Wildman–Crippen MR) is 136 cm³/mol. The molecule has 1 aliphatic rings. The topological polar surface area (TPSA) is 39.5 Å². The van der Waals surface area contributed by atoms with Crippen molar-refractivity contribution >= 4 is 22.5 Å². The Kier molecular flexibility index (Phi) is 4.10. The van der Waals surface area contributed by atoms with E-state index >= 15 is 0 Å². The largest absolute Gasteiger partial charge is 0.465 e. The van der Waals surface area contributed by atoms with Gasteiger partial charge in [-0.3, -0.25) is 4.79 Å². The first-order valence-electron chi connectivity index (χ1n) is 12.0. The van der Waals surface area contributed by atoms with Crippen molar-refractivity contribution in [3.8, 4) is 0 Å². The molecule has 0 amide bonds. The fraction of sp³-hybridized carbons (Fsp3) is 0.167. The van der Waals surface area contributed by atoms with Gasteiger partial charge in [0.15, 0.2) is 0 Å². The molecule has 6 heterocycles. The van der Waals surface area contributed by atoms with Gasteiger partial charge in [-0.05, 0) is 84.6 Å². The minimum atomic E-state index is -0.815. The summed E-state index contributed by atoms with van der Waals surface area (Å²) in [6, 6.07) is 25.1. The molecule has 35 heavy (non-hydrogen) atoms. The summed E-state index contributed by atoms with van der Waals surface area (Å²) in [5.74, 6) is -0.165. The second-order valence-electron chi connectivity index (χ2n) is 9.49. The molecule has 1 aliphatic carbocycles. The highest BCUT2D eigenvalue weighted by Crippen LogP contribution is 2.70. The number of hydrogen-bond acceptors (Lipinski definition) is 2. The lowest BCUT2D eigenvalue weighted by atomic mass is 9.79. The molecule has 1 unspecified atom stereocenters. The van der Waals surface area contributed by atoms with Gasteiger partial charge in [-0.2, -0.15) is 0 Å². The molecule has 1 fully saturated rings. The fourth-order valence-corrected chi connectivity index (χ4v) is 6.05. The maximum absolute atomic E-state index is 14.0. The molecule has 0 spiro atoms. The van der Waals surface area contributed by atoms with E-state index in [1.165, 1.54) is 0 Å². The highest BCUT2D eigenvalue weighted by Gasteiger charge is 2.76. The van der Waals surface area contributed by atoms with Crippen LogP contribution >= 0.6 is 0 Å². The van der Waals surface area contributed by atoms with Gasteiger partial charge in [0.05, 0.1) is 6.61 Å². The maximum atomic E-state index is 14.0. The maximum Gasteiger partial charge on any atom is 0.317 e. The number of esters is 1. The Morgan fingerprint density at radius 3 is 1.66 bits per heavy atom. The summed E-state index contributed by atoms with van der Waals surface area (Å²) in [6.45, 7) is 2.23. The SMILES string of the molecule is CCOC(=O)C1(c2cc3ccccn3c2)CC1(c1cc2ccccn2c1)c1cc2ccccn2c1. The van der Waals surface area contributed by atoms with Gasteiger partial charge < -0.3 is 17.9 Å². The Labute approximate surface area is 202 Å². The van der Waals surface area contributed by atoms with Crippen molar-refractivity contribution < 1.29 is 9.53 Å². The zero-order valence-electron chi connectivity index (χ0n) is 19.5. The monoisotopic (exact) mass is 459 g/mol. The average molecular weight is 460 g/mol. The van der Waals surface area contributed by atoms with Crippen molar-refractivity contribution in [2.75, 3.05) is 6.61 Å². The number of pyridine rings is 3. The highest BCUT2D eigenvalue weighted by atomic mass is 16.5. The van der Waals surface area contributed by atoms with Crippen molar-refractivity contribution in [3.05, 3.63) is 127 Å². The third kappa shape index (κ3) is 2.66. The summed E-state index contributed by atoms with van der Waals surface area (Å²) >= 11 is 0. The molecule has 0 N–H and O–H groups in total. The van der Waals surface area contributed by atoms with E-state index in [1.807, 2.05) is 49.5 Å². The molecule has 6 aromatic heterocycles. The summed E-state index contributed by atoms with van der Waals surface area (Å²) < 4.78 is 12.2. The van der Waals surface area contributed by atoms with E-state index in [2.05, 4.69) is 80.6 Å². The predicted octanol–water partition coefficient (Wildman–Crippen LogP) is 5.64. The van der Waals surface area contributed by atoms with Gasteiger partial charge in [-0.15, -0.1) is 0 Å². The third-order valence-corrected chi connectivity index (χ3v) is 7.75. The molecule has 5 heteroatoms. The number of fused-ring (bicyclic) bond motifs is 3. The van der Waals surface area contributed by atoms with E-state index in [9.17, 15) is 4.79 Å². The molecule has 172 valence electrons. The van der Waals surface area contributed by atoms with Crippen LogP contribution in [0.3, 0.4) is 0 Å². The van der Waals surface area contributed by atoms with Gasteiger partial charge in [0.25, 0.3) is 0 Å². The molecular formula is C30H25N3O2. The van der Waals surface area contributed by atoms with E-state index in [-0.39, 0.29) is 5.97 Å². The van der Waals surface area contributed by atoms with Crippen LogP contribution in [-0.4, -0.2) is 25.8 Å². The van der Waals surface area contributed by atoms with Crippen LogP contribution in [-0.2, 0) is 20.4 Å². The molecule has 0 bridgehead atoms. The van der Waals surface area contributed by atoms with Crippen molar-refractivity contribution in [1.82, 2.24) is 13.2 Å². The first-order chi connectivity index (χ1) is 17.2. The molecule has 1 atom stereocenters. The molecule has 0 saturated heterocycles. The van der Waals surface area contributed by atoms with E-state index < -0.39 is 10.8 Å². The lowest BCUT2D eigenvalue weighted by Gasteiger charge is -2.23. The van der Waals surface area contributed by atoms with E-state index in [1.54, 1.807) is 0 Å². The minimum Gasteiger partial charge on any atom is -0.465 e. The summed E-state index contributed by atoms with van der Waals surface area (Å²) in [4.78, 5) is 14.0. The van der Waals surface area contributed by atoms with Crippen LogP contribution in [0, 0.1) is 0 Å². The standard InChI is InChI=1S/C30H25N3O2/c1-2-35-28(34)30(24-17-27-11-5-8-14-33(27)20-24)21-29(30,22-15-25-9-3-6-12-31(25)18-22)23-16-26-10-4-7-13-32(26)19-23/h3-20H,2,21H2,1H3. The summed E-state index contributed by atoms with van der Waals surface area (Å²) in [5.41, 5.74) is 5.18. The number of rotatable bonds is 5. The van der Waals surface area contributed by atoms with Crippen LogP contribution in [0.25, 0.3) is 16.6 Å². The van der Waals surface area contributed by atoms with Crippen molar-refractivity contribution in [1.29, 1.82) is 0 Å². The number of carbonyl (C=O) groups is 1. The zero-order chi connectivity index (χ0) is 23.6. The molecular weight excluding hydrogens is 434 g/mol. The average Bonchev–Trinajstić information content (AvgIpc) is 3.26. The fourth-order valence-electron chi connectivity index (χ4n) is 6.05. The summed E-state index contributed by atoms with van der Waals surface area (Å²) in [5, 5.41) is 0. The van der Waals surface area contributed by atoms with Crippen LogP contribution in [0.5, 0.6) is 0 Å². The van der Waals surface area contributed by atoms with E-state index in [0.717, 1.165) is 33.2 Å². The Morgan fingerprint density at radius 1 is 0.743 bits per heavy atom.